The molecule has 0 radical (unpaired) electrons. The van der Waals surface area contributed by atoms with Crippen LogP contribution in [0.1, 0.15) is 66.7 Å². The van der Waals surface area contributed by atoms with Gasteiger partial charge in [-0.15, -0.1) is 0 Å². The molecule has 1 heteroatoms. The molecule has 0 saturated heterocycles. The smallest absolute Gasteiger partial charge is 0.161 e. The van der Waals surface area contributed by atoms with E-state index in [-0.39, 0.29) is 5.41 Å². The minimum absolute atomic E-state index is 0.227. The highest BCUT2D eigenvalue weighted by Gasteiger charge is 2.44. The Balaban J connectivity index is 2.11. The van der Waals surface area contributed by atoms with E-state index in [0.29, 0.717) is 17.1 Å². The van der Waals surface area contributed by atoms with E-state index in [1.54, 1.807) is 5.57 Å². The molecule has 0 amide bonds. The molecule has 0 aromatic heterocycles. The molecule has 0 heterocycles. The summed E-state index contributed by atoms with van der Waals surface area (Å²) >= 11 is 0. The number of carbonyl (C=O) groups excluding carboxylic acids is 1. The van der Waals surface area contributed by atoms with Gasteiger partial charge in [-0.3, -0.25) is 4.79 Å². The summed E-state index contributed by atoms with van der Waals surface area (Å²) in [6, 6.07) is 0. The summed E-state index contributed by atoms with van der Waals surface area (Å²) in [4.78, 5) is 12.3. The van der Waals surface area contributed by atoms with Gasteiger partial charge in [-0.1, -0.05) is 53.2 Å². The van der Waals surface area contributed by atoms with Gasteiger partial charge in [-0.25, -0.2) is 0 Å². The first-order chi connectivity index (χ1) is 10.3. The molecule has 3 rings (SSSR count). The average Bonchev–Trinajstić information content (AvgIpc) is 2.48. The van der Waals surface area contributed by atoms with Crippen LogP contribution < -0.4 is 0 Å². The summed E-state index contributed by atoms with van der Waals surface area (Å²) in [7, 11) is 0. The van der Waals surface area contributed by atoms with Crippen LogP contribution >= 0.6 is 0 Å². The maximum Gasteiger partial charge on any atom is 0.161 e. The first kappa shape index (κ1) is 15.8. The number of allylic oxidation sites excluding steroid dienone is 6. The Morgan fingerprint density at radius 2 is 1.95 bits per heavy atom. The summed E-state index contributed by atoms with van der Waals surface area (Å²) in [5, 5.41) is 0. The van der Waals surface area contributed by atoms with E-state index in [2.05, 4.69) is 46.8 Å². The second-order valence-electron chi connectivity index (χ2n) is 8.38. The molecular weight excluding hydrogens is 268 g/mol. The Hall–Kier alpha value is -1.11. The fourth-order valence-electron chi connectivity index (χ4n) is 4.92. The molecule has 120 valence electrons. The third kappa shape index (κ3) is 2.25. The minimum Gasteiger partial charge on any atom is -0.294 e. The molecule has 3 aliphatic rings. The topological polar surface area (TPSA) is 17.1 Å². The van der Waals surface area contributed by atoms with Crippen LogP contribution in [0.3, 0.4) is 0 Å². The summed E-state index contributed by atoms with van der Waals surface area (Å²) in [6.07, 6.45) is 12.5. The molecule has 3 atom stereocenters. The third-order valence-corrected chi connectivity index (χ3v) is 6.63. The first-order valence-corrected chi connectivity index (χ1v) is 9.00. The van der Waals surface area contributed by atoms with Crippen LogP contribution in [-0.4, -0.2) is 5.78 Å². The van der Waals surface area contributed by atoms with Crippen molar-refractivity contribution in [2.75, 3.05) is 0 Å². The van der Waals surface area contributed by atoms with Gasteiger partial charge in [-0.2, -0.15) is 0 Å². The van der Waals surface area contributed by atoms with Gasteiger partial charge in [0, 0.05) is 5.41 Å². The fourth-order valence-corrected chi connectivity index (χ4v) is 4.92. The van der Waals surface area contributed by atoms with Crippen molar-refractivity contribution in [2.45, 2.75) is 66.7 Å². The predicted molar refractivity (Wildman–Crippen MR) is 92.6 cm³/mol. The average molecular weight is 298 g/mol. The van der Waals surface area contributed by atoms with Crippen LogP contribution in [0.25, 0.3) is 0 Å². The summed E-state index contributed by atoms with van der Waals surface area (Å²) in [6.45, 7) is 11.3. The standard InChI is InChI=1S/C21H30O/c1-6-18-16-9-8-14-12-19(22)20(3,4)13-17(14)15(16)10-11-21(18,5)7-2/h10-12,16,18H,6-9,13H2,1-5H3/t16-,18+,21-/m1/s1. The van der Waals surface area contributed by atoms with Gasteiger partial charge in [0.2, 0.25) is 0 Å². The first-order valence-electron chi connectivity index (χ1n) is 9.00. The van der Waals surface area contributed by atoms with E-state index >= 15 is 0 Å². The van der Waals surface area contributed by atoms with Gasteiger partial charge in [0.05, 0.1) is 0 Å². The van der Waals surface area contributed by atoms with Gasteiger partial charge < -0.3 is 0 Å². The lowest BCUT2D eigenvalue weighted by atomic mass is 9.57. The van der Waals surface area contributed by atoms with E-state index in [4.69, 9.17) is 0 Å². The van der Waals surface area contributed by atoms with Crippen molar-refractivity contribution in [1.29, 1.82) is 0 Å². The van der Waals surface area contributed by atoms with Crippen LogP contribution in [0.15, 0.2) is 34.9 Å². The Morgan fingerprint density at radius 3 is 2.59 bits per heavy atom. The van der Waals surface area contributed by atoms with Gasteiger partial charge in [0.25, 0.3) is 0 Å². The highest BCUT2D eigenvalue weighted by Crippen LogP contribution is 2.54. The highest BCUT2D eigenvalue weighted by molar-refractivity contribution is 5.97. The maximum absolute atomic E-state index is 12.3. The van der Waals surface area contributed by atoms with Crippen molar-refractivity contribution in [1.82, 2.24) is 0 Å². The van der Waals surface area contributed by atoms with Crippen LogP contribution in [0.5, 0.6) is 0 Å². The van der Waals surface area contributed by atoms with Crippen molar-refractivity contribution >= 4 is 5.78 Å². The van der Waals surface area contributed by atoms with Crippen molar-refractivity contribution in [3.63, 3.8) is 0 Å². The molecule has 0 saturated carbocycles. The van der Waals surface area contributed by atoms with Gasteiger partial charge in [0.1, 0.15) is 0 Å². The molecule has 0 spiro atoms. The minimum atomic E-state index is -0.227. The number of hydrogen-bond donors (Lipinski definition) is 0. The highest BCUT2D eigenvalue weighted by atomic mass is 16.1. The zero-order chi connectivity index (χ0) is 16.1. The van der Waals surface area contributed by atoms with Crippen molar-refractivity contribution in [2.24, 2.45) is 22.7 Å². The van der Waals surface area contributed by atoms with Gasteiger partial charge in [-0.05, 0) is 65.7 Å². The zero-order valence-corrected chi connectivity index (χ0v) is 14.8. The third-order valence-electron chi connectivity index (χ3n) is 6.63. The molecule has 3 aliphatic carbocycles. The largest absolute Gasteiger partial charge is 0.294 e. The quantitative estimate of drug-likeness (QED) is 0.645. The van der Waals surface area contributed by atoms with E-state index < -0.39 is 0 Å². The van der Waals surface area contributed by atoms with Crippen molar-refractivity contribution in [3.05, 3.63) is 34.9 Å². The molecule has 0 aromatic carbocycles. The van der Waals surface area contributed by atoms with Crippen LogP contribution in [0, 0.1) is 22.7 Å². The second-order valence-corrected chi connectivity index (χ2v) is 8.38. The summed E-state index contributed by atoms with van der Waals surface area (Å²) < 4.78 is 0. The summed E-state index contributed by atoms with van der Waals surface area (Å²) in [5.41, 5.74) is 4.49. The molecule has 0 bridgehead atoms. The molecule has 0 fully saturated rings. The summed E-state index contributed by atoms with van der Waals surface area (Å²) in [5.74, 6) is 1.75. The van der Waals surface area contributed by atoms with Gasteiger partial charge >= 0.3 is 0 Å². The lowest BCUT2D eigenvalue weighted by Crippen LogP contribution is -2.38. The molecule has 0 aliphatic heterocycles. The number of hydrogen-bond acceptors (Lipinski definition) is 1. The molecule has 22 heavy (non-hydrogen) atoms. The fraction of sp³-hybridized carbons (Fsp3) is 0.667. The van der Waals surface area contributed by atoms with E-state index in [9.17, 15) is 4.79 Å². The van der Waals surface area contributed by atoms with Crippen LogP contribution in [-0.2, 0) is 4.79 Å². The Labute approximate surface area is 135 Å². The molecule has 0 N–H and O–H groups in total. The number of fused-ring (bicyclic) bond motifs is 2. The Kier molecular flexibility index (Phi) is 3.74. The maximum atomic E-state index is 12.3. The van der Waals surface area contributed by atoms with Crippen molar-refractivity contribution < 1.29 is 4.79 Å². The Bertz CT molecular complexity index is 587. The predicted octanol–water partition coefficient (Wildman–Crippen LogP) is 5.63. The number of rotatable bonds is 2. The SMILES string of the molecule is CC[C@H]1[C@@H]2CCC3=CC(=O)C(C)(C)CC3=C2C=C[C@@]1(C)CC. The van der Waals surface area contributed by atoms with E-state index in [1.165, 1.54) is 30.4 Å². The van der Waals surface area contributed by atoms with Crippen molar-refractivity contribution in [3.8, 4) is 0 Å². The number of carbonyl (C=O) groups is 1. The van der Waals surface area contributed by atoms with E-state index in [1.807, 2.05) is 6.08 Å². The molecular formula is C21H30O. The monoisotopic (exact) mass is 298 g/mol. The lowest BCUT2D eigenvalue weighted by Gasteiger charge is -2.47. The normalized spacial score (nSPS) is 36.8. The molecule has 0 aromatic rings. The Morgan fingerprint density at radius 1 is 1.23 bits per heavy atom. The molecule has 1 nitrogen and oxygen atoms in total. The van der Waals surface area contributed by atoms with Crippen LogP contribution in [0.4, 0.5) is 0 Å². The zero-order valence-electron chi connectivity index (χ0n) is 14.8. The van der Waals surface area contributed by atoms with E-state index in [0.717, 1.165) is 18.8 Å². The van der Waals surface area contributed by atoms with Crippen LogP contribution in [0.2, 0.25) is 0 Å². The lowest BCUT2D eigenvalue weighted by molar-refractivity contribution is -0.122. The van der Waals surface area contributed by atoms with Gasteiger partial charge in [0.15, 0.2) is 5.78 Å². The molecule has 0 unspecified atom stereocenters. The number of ketones is 1. The second kappa shape index (κ2) is 5.22.